The van der Waals surface area contributed by atoms with E-state index >= 15 is 0 Å². The highest BCUT2D eigenvalue weighted by Gasteiger charge is 2.17. The first kappa shape index (κ1) is 13.9. The largest absolute Gasteiger partial charge is 0.419 e. The first-order chi connectivity index (χ1) is 9.61. The second kappa shape index (κ2) is 5.39. The van der Waals surface area contributed by atoms with Crippen molar-refractivity contribution in [3.05, 3.63) is 55.1 Å². The highest BCUT2D eigenvalue weighted by molar-refractivity contribution is 9.10. The van der Waals surface area contributed by atoms with Crippen LogP contribution in [0.25, 0.3) is 11.1 Å². The molecule has 0 fully saturated rings. The van der Waals surface area contributed by atoms with Crippen LogP contribution < -0.4 is 5.76 Å². The lowest BCUT2D eigenvalue weighted by Gasteiger charge is -2.08. The van der Waals surface area contributed by atoms with E-state index in [9.17, 15) is 4.79 Å². The Kier molecular flexibility index (Phi) is 3.75. The van der Waals surface area contributed by atoms with Crippen LogP contribution in [0.3, 0.4) is 0 Å². The van der Waals surface area contributed by atoms with E-state index in [0.29, 0.717) is 12.1 Å². The molecule has 1 atom stereocenters. The summed E-state index contributed by atoms with van der Waals surface area (Å²) in [5.41, 5.74) is 2.29. The lowest BCUT2D eigenvalue weighted by molar-refractivity contribution is 0.513. The fourth-order valence-corrected chi connectivity index (χ4v) is 4.32. The van der Waals surface area contributed by atoms with Gasteiger partial charge in [-0.2, -0.15) is 0 Å². The van der Waals surface area contributed by atoms with Crippen molar-refractivity contribution in [2.75, 3.05) is 0 Å². The third-order valence-electron chi connectivity index (χ3n) is 3.18. The molecule has 0 saturated carbocycles. The third kappa shape index (κ3) is 2.24. The van der Waals surface area contributed by atoms with Gasteiger partial charge in [0.15, 0.2) is 5.58 Å². The van der Waals surface area contributed by atoms with Crippen LogP contribution in [0.1, 0.15) is 22.7 Å². The standard InChI is InChI=1S/C14H11BrClNO2S/c1-2-17-10-4-3-8(7-11(10)19-14(17)18)12(16)13-9(15)5-6-20-13/h3-7,12H,2H2,1H3. The summed E-state index contributed by atoms with van der Waals surface area (Å²) in [6.45, 7) is 2.50. The Morgan fingerprint density at radius 2 is 2.25 bits per heavy atom. The average Bonchev–Trinajstić information content (AvgIpc) is 2.99. The van der Waals surface area contributed by atoms with Crippen LogP contribution in [0.15, 0.2) is 43.3 Å². The summed E-state index contributed by atoms with van der Waals surface area (Å²) >= 11 is 11.6. The van der Waals surface area contributed by atoms with Crippen LogP contribution in [0.4, 0.5) is 0 Å². The van der Waals surface area contributed by atoms with Crippen molar-refractivity contribution >= 4 is 50.0 Å². The second-order valence-corrected chi connectivity index (χ2v) is 6.57. The van der Waals surface area contributed by atoms with Gasteiger partial charge in [0.1, 0.15) is 0 Å². The zero-order chi connectivity index (χ0) is 14.3. The summed E-state index contributed by atoms with van der Waals surface area (Å²) in [7, 11) is 0. The zero-order valence-corrected chi connectivity index (χ0v) is 13.8. The summed E-state index contributed by atoms with van der Waals surface area (Å²) in [6, 6.07) is 7.64. The number of aryl methyl sites for hydroxylation is 1. The fraction of sp³-hybridized carbons (Fsp3) is 0.214. The number of alkyl halides is 1. The molecule has 6 heteroatoms. The molecule has 3 nitrogen and oxygen atoms in total. The molecule has 0 aliphatic rings. The van der Waals surface area contributed by atoms with E-state index in [-0.39, 0.29) is 11.1 Å². The first-order valence-corrected chi connectivity index (χ1v) is 8.23. The topological polar surface area (TPSA) is 35.1 Å². The maximum atomic E-state index is 11.7. The summed E-state index contributed by atoms with van der Waals surface area (Å²) in [5, 5.41) is 1.73. The van der Waals surface area contributed by atoms with Gasteiger partial charge >= 0.3 is 5.76 Å². The molecule has 1 aromatic carbocycles. The normalized spacial score (nSPS) is 12.9. The molecule has 0 aliphatic heterocycles. The molecule has 1 unspecified atom stereocenters. The predicted molar refractivity (Wildman–Crippen MR) is 85.9 cm³/mol. The SMILES string of the molecule is CCn1c(=O)oc2cc(C(Cl)c3sccc3Br)ccc21. The molecule has 0 bridgehead atoms. The van der Waals surface area contributed by atoms with Crippen LogP contribution in [0.2, 0.25) is 0 Å². The van der Waals surface area contributed by atoms with E-state index in [2.05, 4.69) is 15.9 Å². The Morgan fingerprint density at radius 3 is 2.90 bits per heavy atom. The number of fused-ring (bicyclic) bond motifs is 1. The molecular weight excluding hydrogens is 362 g/mol. The van der Waals surface area contributed by atoms with Crippen LogP contribution in [-0.2, 0) is 6.54 Å². The molecule has 0 radical (unpaired) electrons. The Hall–Kier alpha value is -1.04. The Morgan fingerprint density at radius 1 is 1.45 bits per heavy atom. The summed E-state index contributed by atoms with van der Waals surface area (Å²) < 4.78 is 7.86. The first-order valence-electron chi connectivity index (χ1n) is 6.12. The van der Waals surface area contributed by atoms with Crippen LogP contribution >= 0.6 is 38.9 Å². The minimum atomic E-state index is -0.330. The predicted octanol–water partition coefficient (Wildman–Crippen LogP) is 4.77. The van der Waals surface area contributed by atoms with Gasteiger partial charge in [-0.3, -0.25) is 4.57 Å². The maximum Gasteiger partial charge on any atom is 0.419 e. The van der Waals surface area contributed by atoms with Crippen LogP contribution in [-0.4, -0.2) is 4.57 Å². The van der Waals surface area contributed by atoms with Crippen molar-refractivity contribution in [1.82, 2.24) is 4.57 Å². The van der Waals surface area contributed by atoms with Gasteiger partial charge in [-0.1, -0.05) is 6.07 Å². The molecule has 2 aromatic heterocycles. The van der Waals surface area contributed by atoms with Crippen LogP contribution in [0.5, 0.6) is 0 Å². The molecule has 0 amide bonds. The van der Waals surface area contributed by atoms with Gasteiger partial charge in [0.2, 0.25) is 0 Å². The Labute approximate surface area is 132 Å². The number of hydrogen-bond donors (Lipinski definition) is 0. The summed E-state index contributed by atoms with van der Waals surface area (Å²) in [5.74, 6) is -0.330. The fourth-order valence-electron chi connectivity index (χ4n) is 2.18. The average molecular weight is 373 g/mol. The molecule has 0 aliphatic carbocycles. The molecule has 0 saturated heterocycles. The Balaban J connectivity index is 2.10. The minimum Gasteiger partial charge on any atom is -0.408 e. The van der Waals surface area contributed by atoms with Crippen molar-refractivity contribution in [3.63, 3.8) is 0 Å². The summed E-state index contributed by atoms with van der Waals surface area (Å²) in [6.07, 6.45) is 0. The number of nitrogens with zero attached hydrogens (tertiary/aromatic N) is 1. The molecule has 3 rings (SSSR count). The van der Waals surface area contributed by atoms with Gasteiger partial charge in [-0.15, -0.1) is 22.9 Å². The minimum absolute atomic E-state index is 0.260. The van der Waals surface area contributed by atoms with E-state index in [4.69, 9.17) is 16.0 Å². The lowest BCUT2D eigenvalue weighted by Crippen LogP contribution is -2.11. The third-order valence-corrected chi connectivity index (χ3v) is 5.71. The Bertz CT molecular complexity index is 820. The summed E-state index contributed by atoms with van der Waals surface area (Å²) in [4.78, 5) is 12.7. The number of thiophene rings is 1. The van der Waals surface area contributed by atoms with E-state index in [0.717, 1.165) is 20.4 Å². The molecule has 3 aromatic rings. The molecule has 2 heterocycles. The molecule has 20 heavy (non-hydrogen) atoms. The van der Waals surface area contributed by atoms with Crippen LogP contribution in [0, 0.1) is 0 Å². The smallest absolute Gasteiger partial charge is 0.408 e. The van der Waals surface area contributed by atoms with Crippen molar-refractivity contribution in [2.45, 2.75) is 18.8 Å². The van der Waals surface area contributed by atoms with Crippen molar-refractivity contribution in [1.29, 1.82) is 0 Å². The lowest BCUT2D eigenvalue weighted by atomic mass is 10.1. The van der Waals surface area contributed by atoms with Gasteiger partial charge in [0.25, 0.3) is 0 Å². The van der Waals surface area contributed by atoms with Crippen molar-refractivity contribution in [3.8, 4) is 0 Å². The number of oxazole rings is 1. The van der Waals surface area contributed by atoms with Gasteiger partial charge in [-0.05, 0) is 52.0 Å². The van der Waals surface area contributed by atoms with Gasteiger partial charge < -0.3 is 4.42 Å². The quantitative estimate of drug-likeness (QED) is 0.621. The number of aromatic nitrogens is 1. The van der Waals surface area contributed by atoms with Gasteiger partial charge in [-0.25, -0.2) is 4.79 Å². The monoisotopic (exact) mass is 371 g/mol. The van der Waals surface area contributed by atoms with Crippen molar-refractivity contribution < 1.29 is 4.42 Å². The molecular formula is C14H11BrClNO2S. The highest BCUT2D eigenvalue weighted by Crippen LogP contribution is 2.38. The van der Waals surface area contributed by atoms with Gasteiger partial charge in [0.05, 0.1) is 10.9 Å². The number of halogens is 2. The molecule has 0 spiro atoms. The van der Waals surface area contributed by atoms with E-state index in [1.807, 2.05) is 36.6 Å². The van der Waals surface area contributed by atoms with E-state index in [1.54, 1.807) is 15.9 Å². The highest BCUT2D eigenvalue weighted by atomic mass is 79.9. The number of benzene rings is 1. The van der Waals surface area contributed by atoms with Crippen molar-refractivity contribution in [2.24, 2.45) is 0 Å². The zero-order valence-electron chi connectivity index (χ0n) is 10.6. The number of hydrogen-bond acceptors (Lipinski definition) is 3. The molecule has 0 N–H and O–H groups in total. The van der Waals surface area contributed by atoms with E-state index in [1.165, 1.54) is 0 Å². The second-order valence-electron chi connectivity index (χ2n) is 4.33. The maximum absolute atomic E-state index is 11.7. The number of rotatable bonds is 3. The molecule has 104 valence electrons. The van der Waals surface area contributed by atoms with E-state index < -0.39 is 0 Å². The van der Waals surface area contributed by atoms with Gasteiger partial charge in [0, 0.05) is 15.9 Å².